The first-order chi connectivity index (χ1) is 15.0. The summed E-state index contributed by atoms with van der Waals surface area (Å²) in [6.07, 6.45) is 0. The van der Waals surface area contributed by atoms with E-state index in [9.17, 15) is 9.59 Å². The van der Waals surface area contributed by atoms with E-state index in [-0.39, 0.29) is 23.8 Å². The molecule has 1 N–H and O–H groups in total. The quantitative estimate of drug-likeness (QED) is 0.561. The second-order valence-electron chi connectivity index (χ2n) is 9.53. The Morgan fingerprint density at radius 3 is 2.12 bits per heavy atom. The van der Waals surface area contributed by atoms with Gasteiger partial charge >= 0.3 is 0 Å². The van der Waals surface area contributed by atoms with Crippen LogP contribution in [0.5, 0.6) is 5.75 Å². The molecule has 32 heavy (non-hydrogen) atoms. The van der Waals surface area contributed by atoms with Gasteiger partial charge in [-0.25, -0.2) is 0 Å². The largest absolute Gasteiger partial charge is 0.484 e. The zero-order valence-corrected chi connectivity index (χ0v) is 20.7. The van der Waals surface area contributed by atoms with Crippen molar-refractivity contribution in [3.8, 4) is 5.75 Å². The van der Waals surface area contributed by atoms with Gasteiger partial charge in [0, 0.05) is 18.1 Å². The van der Waals surface area contributed by atoms with Crippen molar-refractivity contribution in [2.24, 2.45) is 5.92 Å². The lowest BCUT2D eigenvalue weighted by atomic mass is 9.87. The Morgan fingerprint density at radius 1 is 1.00 bits per heavy atom. The molecule has 0 aromatic heterocycles. The minimum atomic E-state index is -0.635. The zero-order valence-electron chi connectivity index (χ0n) is 19.9. The van der Waals surface area contributed by atoms with Crippen LogP contribution in [-0.2, 0) is 21.5 Å². The van der Waals surface area contributed by atoms with Crippen LogP contribution in [0.1, 0.15) is 52.7 Å². The predicted octanol–water partition coefficient (Wildman–Crippen LogP) is 5.21. The number of amides is 2. The lowest BCUT2D eigenvalue weighted by molar-refractivity contribution is -0.142. The molecule has 0 heterocycles. The number of hydrogen-bond acceptors (Lipinski definition) is 3. The maximum Gasteiger partial charge on any atom is 0.261 e. The molecule has 0 saturated heterocycles. The van der Waals surface area contributed by atoms with Crippen molar-refractivity contribution in [3.63, 3.8) is 0 Å². The highest BCUT2D eigenvalue weighted by atomic mass is 35.5. The molecular formula is C26H35ClN2O3. The number of benzene rings is 2. The Hall–Kier alpha value is -2.53. The number of nitrogens with zero attached hydrogens (tertiary/aromatic N) is 1. The molecule has 174 valence electrons. The Labute approximate surface area is 197 Å². The van der Waals surface area contributed by atoms with Crippen molar-refractivity contribution in [2.75, 3.05) is 13.2 Å². The molecule has 2 aromatic carbocycles. The highest BCUT2D eigenvalue weighted by Gasteiger charge is 2.26. The van der Waals surface area contributed by atoms with Crippen molar-refractivity contribution in [2.45, 2.75) is 59.5 Å². The molecule has 0 spiro atoms. The van der Waals surface area contributed by atoms with Gasteiger partial charge < -0.3 is 15.0 Å². The molecule has 0 bridgehead atoms. The standard InChI is InChI=1S/C26H35ClN2O3/c1-18(2)15-28-25(31)19(3)29(16-20-7-11-22(27)12-8-20)24(30)17-32-23-13-9-21(10-14-23)26(4,5)6/h7-14,18-19H,15-17H2,1-6H3,(H,28,31)/t19-/m0/s1. The van der Waals surface area contributed by atoms with Crippen LogP contribution in [0.25, 0.3) is 0 Å². The van der Waals surface area contributed by atoms with Crippen molar-refractivity contribution >= 4 is 23.4 Å². The number of nitrogens with one attached hydrogen (secondary N) is 1. The third kappa shape index (κ3) is 7.86. The number of halogens is 1. The van der Waals surface area contributed by atoms with Crippen LogP contribution >= 0.6 is 11.6 Å². The summed E-state index contributed by atoms with van der Waals surface area (Å²) in [7, 11) is 0. The molecular weight excluding hydrogens is 424 g/mol. The van der Waals surface area contributed by atoms with Crippen LogP contribution in [0, 0.1) is 5.92 Å². The predicted molar refractivity (Wildman–Crippen MR) is 130 cm³/mol. The maximum atomic E-state index is 13.1. The van der Waals surface area contributed by atoms with Crippen molar-refractivity contribution < 1.29 is 14.3 Å². The lowest BCUT2D eigenvalue weighted by Gasteiger charge is -2.29. The lowest BCUT2D eigenvalue weighted by Crippen LogP contribution is -2.49. The summed E-state index contributed by atoms with van der Waals surface area (Å²) >= 11 is 5.99. The summed E-state index contributed by atoms with van der Waals surface area (Å²) in [5, 5.41) is 3.53. The molecule has 0 fully saturated rings. The smallest absolute Gasteiger partial charge is 0.261 e. The average Bonchev–Trinajstić information content (AvgIpc) is 2.74. The van der Waals surface area contributed by atoms with Crippen LogP contribution in [0.2, 0.25) is 5.02 Å². The topological polar surface area (TPSA) is 58.6 Å². The third-order valence-electron chi connectivity index (χ3n) is 5.20. The summed E-state index contributed by atoms with van der Waals surface area (Å²) in [4.78, 5) is 27.3. The van der Waals surface area contributed by atoms with Gasteiger partial charge in [-0.05, 0) is 53.6 Å². The Bertz CT molecular complexity index is 887. The van der Waals surface area contributed by atoms with E-state index in [2.05, 4.69) is 26.1 Å². The fraction of sp³-hybridized carbons (Fsp3) is 0.462. The number of carbonyl (C=O) groups excluding carboxylic acids is 2. The molecule has 0 aliphatic carbocycles. The van der Waals surface area contributed by atoms with Gasteiger partial charge in [0.15, 0.2) is 6.61 Å². The Balaban J connectivity index is 2.11. The fourth-order valence-corrected chi connectivity index (χ4v) is 3.23. The number of ether oxygens (including phenoxy) is 1. The van der Waals surface area contributed by atoms with Crippen LogP contribution in [0.15, 0.2) is 48.5 Å². The zero-order chi connectivity index (χ0) is 23.9. The molecule has 0 radical (unpaired) electrons. The molecule has 6 heteroatoms. The van der Waals surface area contributed by atoms with Gasteiger partial charge in [0.1, 0.15) is 11.8 Å². The minimum Gasteiger partial charge on any atom is -0.484 e. The van der Waals surface area contributed by atoms with Gasteiger partial charge in [-0.2, -0.15) is 0 Å². The fourth-order valence-electron chi connectivity index (χ4n) is 3.10. The van der Waals surface area contributed by atoms with E-state index in [1.54, 1.807) is 24.0 Å². The van der Waals surface area contributed by atoms with Gasteiger partial charge in [0.25, 0.3) is 5.91 Å². The highest BCUT2D eigenvalue weighted by Crippen LogP contribution is 2.24. The van der Waals surface area contributed by atoms with Crippen LogP contribution in [0.4, 0.5) is 0 Å². The number of carbonyl (C=O) groups is 2. The SMILES string of the molecule is CC(C)CNC(=O)[C@H](C)N(Cc1ccc(Cl)cc1)C(=O)COc1ccc(C(C)(C)C)cc1. The molecule has 0 saturated carbocycles. The summed E-state index contributed by atoms with van der Waals surface area (Å²) in [5.41, 5.74) is 2.12. The van der Waals surface area contributed by atoms with E-state index in [0.29, 0.717) is 29.8 Å². The minimum absolute atomic E-state index is 0.0442. The highest BCUT2D eigenvalue weighted by molar-refractivity contribution is 6.30. The molecule has 0 aliphatic heterocycles. The first kappa shape index (κ1) is 25.7. The van der Waals surface area contributed by atoms with Crippen molar-refractivity contribution in [1.82, 2.24) is 10.2 Å². The van der Waals surface area contributed by atoms with E-state index >= 15 is 0 Å². The molecule has 0 unspecified atom stereocenters. The molecule has 2 amide bonds. The van der Waals surface area contributed by atoms with Gasteiger partial charge in [0.2, 0.25) is 5.91 Å². The van der Waals surface area contributed by atoms with E-state index in [4.69, 9.17) is 16.3 Å². The summed E-state index contributed by atoms with van der Waals surface area (Å²) < 4.78 is 5.76. The van der Waals surface area contributed by atoms with Crippen molar-refractivity contribution in [1.29, 1.82) is 0 Å². The van der Waals surface area contributed by atoms with E-state index < -0.39 is 6.04 Å². The molecule has 0 aliphatic rings. The molecule has 5 nitrogen and oxygen atoms in total. The average molecular weight is 459 g/mol. The van der Waals surface area contributed by atoms with Crippen LogP contribution < -0.4 is 10.1 Å². The maximum absolute atomic E-state index is 13.1. The second kappa shape index (κ2) is 11.4. The van der Waals surface area contributed by atoms with Gasteiger partial charge in [0.05, 0.1) is 0 Å². The van der Waals surface area contributed by atoms with E-state index in [0.717, 1.165) is 5.56 Å². The van der Waals surface area contributed by atoms with E-state index in [1.807, 2.05) is 50.2 Å². The normalized spacial score (nSPS) is 12.4. The van der Waals surface area contributed by atoms with Crippen LogP contribution in [-0.4, -0.2) is 35.9 Å². The Kier molecular flexibility index (Phi) is 9.14. The molecule has 1 atom stereocenters. The monoisotopic (exact) mass is 458 g/mol. The van der Waals surface area contributed by atoms with Gasteiger partial charge in [-0.3, -0.25) is 9.59 Å². The first-order valence-corrected chi connectivity index (χ1v) is 11.4. The Morgan fingerprint density at radius 2 is 1.59 bits per heavy atom. The first-order valence-electron chi connectivity index (χ1n) is 11.0. The summed E-state index contributed by atoms with van der Waals surface area (Å²) in [6.45, 7) is 12.9. The molecule has 2 rings (SSSR count). The summed E-state index contributed by atoms with van der Waals surface area (Å²) in [5.74, 6) is 0.503. The van der Waals surface area contributed by atoms with E-state index in [1.165, 1.54) is 5.56 Å². The number of hydrogen-bond donors (Lipinski definition) is 1. The van der Waals surface area contributed by atoms with Gasteiger partial charge in [-0.1, -0.05) is 70.5 Å². The third-order valence-corrected chi connectivity index (χ3v) is 5.45. The van der Waals surface area contributed by atoms with Crippen molar-refractivity contribution in [3.05, 3.63) is 64.7 Å². The van der Waals surface area contributed by atoms with Crippen LogP contribution in [0.3, 0.4) is 0 Å². The van der Waals surface area contributed by atoms with Gasteiger partial charge in [-0.15, -0.1) is 0 Å². The number of rotatable bonds is 9. The second-order valence-corrected chi connectivity index (χ2v) is 9.96. The molecule has 2 aromatic rings. The summed E-state index contributed by atoms with van der Waals surface area (Å²) in [6, 6.07) is 14.4.